The summed E-state index contributed by atoms with van der Waals surface area (Å²) in [5.41, 5.74) is 1.97. The minimum atomic E-state index is -0.688. The van der Waals surface area contributed by atoms with Crippen molar-refractivity contribution < 1.29 is 9.90 Å². The number of anilines is 2. The number of hydrogen-bond donors (Lipinski definition) is 2. The van der Waals surface area contributed by atoms with E-state index in [-0.39, 0.29) is 6.04 Å². The van der Waals surface area contributed by atoms with Crippen molar-refractivity contribution in [2.75, 3.05) is 5.32 Å². The highest BCUT2D eigenvalue weighted by molar-refractivity contribution is 7.13. The molecule has 5 nitrogen and oxygen atoms in total. The van der Waals surface area contributed by atoms with Crippen LogP contribution in [0.25, 0.3) is 0 Å². The van der Waals surface area contributed by atoms with Crippen molar-refractivity contribution in [3.8, 4) is 0 Å². The predicted octanol–water partition coefficient (Wildman–Crippen LogP) is 4.10. The number of benzene rings is 1. The van der Waals surface area contributed by atoms with Gasteiger partial charge in [-0.05, 0) is 37.3 Å². The molecular weight excluding hydrogens is 334 g/mol. The van der Waals surface area contributed by atoms with Crippen LogP contribution in [0.5, 0.6) is 0 Å². The van der Waals surface area contributed by atoms with Crippen molar-refractivity contribution in [2.45, 2.75) is 50.7 Å². The zero-order valence-electron chi connectivity index (χ0n) is 14.1. The maximum atomic E-state index is 11.7. The molecule has 2 heterocycles. The van der Waals surface area contributed by atoms with E-state index in [1.807, 2.05) is 35.7 Å². The van der Waals surface area contributed by atoms with Crippen molar-refractivity contribution in [1.82, 2.24) is 9.88 Å². The molecule has 4 rings (SSSR count). The summed E-state index contributed by atoms with van der Waals surface area (Å²) in [4.78, 5) is 18.6. The minimum absolute atomic E-state index is 0.361. The first-order valence-corrected chi connectivity index (χ1v) is 9.83. The number of hydrogen-bond acceptors (Lipinski definition) is 5. The van der Waals surface area contributed by atoms with Crippen LogP contribution in [0.15, 0.2) is 35.7 Å². The molecule has 1 saturated carbocycles. The van der Waals surface area contributed by atoms with Crippen LogP contribution in [-0.2, 0) is 11.3 Å². The Kier molecular flexibility index (Phi) is 4.72. The third-order valence-electron chi connectivity index (χ3n) is 5.43. The molecule has 132 valence electrons. The highest BCUT2D eigenvalue weighted by Gasteiger charge is 2.45. The van der Waals surface area contributed by atoms with Gasteiger partial charge >= 0.3 is 5.97 Å². The minimum Gasteiger partial charge on any atom is -0.480 e. The van der Waals surface area contributed by atoms with Gasteiger partial charge in [0.2, 0.25) is 0 Å². The van der Waals surface area contributed by atoms with Gasteiger partial charge in [-0.1, -0.05) is 31.0 Å². The average Bonchev–Trinajstić information content (AvgIpc) is 3.21. The summed E-state index contributed by atoms with van der Waals surface area (Å²) in [5, 5.41) is 15.8. The van der Waals surface area contributed by atoms with Crippen LogP contribution in [0, 0.1) is 5.92 Å². The van der Waals surface area contributed by atoms with E-state index >= 15 is 0 Å². The molecule has 0 radical (unpaired) electrons. The van der Waals surface area contributed by atoms with Gasteiger partial charge in [0.1, 0.15) is 6.04 Å². The summed E-state index contributed by atoms with van der Waals surface area (Å²) in [6.45, 7) is 0.630. The Balaban J connectivity index is 1.48. The molecule has 0 bridgehead atoms. The smallest absolute Gasteiger partial charge is 0.320 e. The molecule has 3 atom stereocenters. The highest BCUT2D eigenvalue weighted by atomic mass is 32.1. The lowest BCUT2D eigenvalue weighted by molar-refractivity contribution is -0.142. The Hall–Kier alpha value is -1.92. The van der Waals surface area contributed by atoms with Gasteiger partial charge in [-0.15, -0.1) is 11.3 Å². The average molecular weight is 357 g/mol. The summed E-state index contributed by atoms with van der Waals surface area (Å²) in [5.74, 6) is -0.150. The normalized spacial score (nSPS) is 26.3. The van der Waals surface area contributed by atoms with Crippen LogP contribution in [0.4, 0.5) is 10.8 Å². The lowest BCUT2D eigenvalue weighted by atomic mass is 9.85. The first kappa shape index (κ1) is 16.5. The van der Waals surface area contributed by atoms with Gasteiger partial charge in [0.25, 0.3) is 0 Å². The number of aliphatic carboxylic acids is 1. The first-order chi connectivity index (χ1) is 12.2. The van der Waals surface area contributed by atoms with Crippen molar-refractivity contribution in [2.24, 2.45) is 5.92 Å². The van der Waals surface area contributed by atoms with Gasteiger partial charge in [-0.3, -0.25) is 9.69 Å². The lowest BCUT2D eigenvalue weighted by Gasteiger charge is -2.32. The number of nitrogens with zero attached hydrogens (tertiary/aromatic N) is 2. The van der Waals surface area contributed by atoms with E-state index in [4.69, 9.17) is 0 Å². The molecule has 2 aliphatic rings. The Bertz CT molecular complexity index is 733. The number of carbonyl (C=O) groups is 1. The predicted molar refractivity (Wildman–Crippen MR) is 99.2 cm³/mol. The van der Waals surface area contributed by atoms with Gasteiger partial charge in [-0.2, -0.15) is 0 Å². The largest absolute Gasteiger partial charge is 0.480 e. The molecule has 2 N–H and O–H groups in total. The van der Waals surface area contributed by atoms with E-state index in [0.717, 1.165) is 29.4 Å². The number of carboxylic acid groups (broad SMARTS) is 1. The van der Waals surface area contributed by atoms with Crippen LogP contribution in [0.1, 0.15) is 37.8 Å². The number of aromatic nitrogens is 1. The van der Waals surface area contributed by atoms with Crippen LogP contribution < -0.4 is 5.32 Å². The highest BCUT2D eigenvalue weighted by Crippen LogP contribution is 2.40. The van der Waals surface area contributed by atoms with Gasteiger partial charge in [0.05, 0.1) is 5.69 Å². The summed E-state index contributed by atoms with van der Waals surface area (Å²) >= 11 is 1.57. The zero-order valence-corrected chi connectivity index (χ0v) is 14.9. The molecule has 3 unspecified atom stereocenters. The van der Waals surface area contributed by atoms with Crippen molar-refractivity contribution in [3.05, 3.63) is 41.4 Å². The Morgan fingerprint density at radius 1 is 1.28 bits per heavy atom. The number of fused-ring (bicyclic) bond motifs is 1. The van der Waals surface area contributed by atoms with E-state index in [0.29, 0.717) is 18.5 Å². The lowest BCUT2D eigenvalue weighted by Crippen LogP contribution is -2.41. The van der Waals surface area contributed by atoms with Crippen LogP contribution in [0.2, 0.25) is 0 Å². The molecule has 0 amide bonds. The van der Waals surface area contributed by atoms with E-state index in [2.05, 4.69) is 15.2 Å². The van der Waals surface area contributed by atoms with E-state index in [1.165, 1.54) is 19.3 Å². The fourth-order valence-electron chi connectivity index (χ4n) is 4.29. The quantitative estimate of drug-likeness (QED) is 0.843. The Morgan fingerprint density at radius 2 is 2.08 bits per heavy atom. The third-order valence-corrected chi connectivity index (χ3v) is 6.23. The van der Waals surface area contributed by atoms with E-state index in [9.17, 15) is 9.90 Å². The summed E-state index contributed by atoms with van der Waals surface area (Å²) in [6.07, 6.45) is 5.53. The number of carboxylic acids is 1. The summed E-state index contributed by atoms with van der Waals surface area (Å²) in [6, 6.07) is 10.0. The number of rotatable bonds is 5. The second-order valence-corrected chi connectivity index (χ2v) is 7.87. The molecule has 25 heavy (non-hydrogen) atoms. The Morgan fingerprint density at radius 3 is 2.88 bits per heavy atom. The molecule has 6 heteroatoms. The van der Waals surface area contributed by atoms with Crippen LogP contribution in [-0.4, -0.2) is 33.0 Å². The number of nitrogens with one attached hydrogen (secondary N) is 1. The summed E-state index contributed by atoms with van der Waals surface area (Å²) < 4.78 is 0. The number of thiazole rings is 1. The van der Waals surface area contributed by atoms with Gasteiger partial charge < -0.3 is 10.4 Å². The van der Waals surface area contributed by atoms with Crippen molar-refractivity contribution in [1.29, 1.82) is 0 Å². The van der Waals surface area contributed by atoms with Crippen LogP contribution >= 0.6 is 11.3 Å². The van der Waals surface area contributed by atoms with Gasteiger partial charge in [0.15, 0.2) is 5.13 Å². The summed E-state index contributed by atoms with van der Waals surface area (Å²) in [7, 11) is 0. The standard InChI is InChI=1S/C19H23N3O2S/c23-18(24)17-10-13-6-4-5-9-16(13)22(17)11-15-12-25-19(21-15)20-14-7-2-1-3-8-14/h1-3,7-8,12-13,16-17H,4-6,9-11H2,(H,20,21)(H,23,24). The molecular formula is C19H23N3O2S. The molecule has 1 saturated heterocycles. The second-order valence-electron chi connectivity index (χ2n) is 7.01. The number of para-hydroxylation sites is 1. The van der Waals surface area contributed by atoms with E-state index < -0.39 is 5.97 Å². The topological polar surface area (TPSA) is 65.5 Å². The van der Waals surface area contributed by atoms with E-state index in [1.54, 1.807) is 11.3 Å². The molecule has 1 aliphatic heterocycles. The fourth-order valence-corrected chi connectivity index (χ4v) is 5.01. The third kappa shape index (κ3) is 3.55. The molecule has 0 spiro atoms. The maximum absolute atomic E-state index is 11.7. The molecule has 2 fully saturated rings. The first-order valence-electron chi connectivity index (χ1n) is 8.96. The Labute approximate surface area is 151 Å². The SMILES string of the molecule is O=C(O)C1CC2CCCCC2N1Cc1csc(Nc2ccccc2)n1. The van der Waals surface area contributed by atoms with Crippen LogP contribution in [0.3, 0.4) is 0 Å². The second kappa shape index (κ2) is 7.14. The van der Waals surface area contributed by atoms with Gasteiger partial charge in [0, 0.05) is 23.7 Å². The van der Waals surface area contributed by atoms with Crippen molar-refractivity contribution >= 4 is 28.1 Å². The molecule has 1 aliphatic carbocycles. The monoisotopic (exact) mass is 357 g/mol. The van der Waals surface area contributed by atoms with Gasteiger partial charge in [-0.25, -0.2) is 4.98 Å². The maximum Gasteiger partial charge on any atom is 0.320 e. The van der Waals surface area contributed by atoms with Crippen molar-refractivity contribution in [3.63, 3.8) is 0 Å². The molecule has 2 aromatic rings. The molecule has 1 aromatic heterocycles. The zero-order chi connectivity index (χ0) is 17.2. The fraction of sp³-hybridized carbons (Fsp3) is 0.474. The number of likely N-dealkylation sites (tertiary alicyclic amines) is 1. The molecule has 1 aromatic carbocycles.